The highest BCUT2D eigenvalue weighted by atomic mass is 35.5. The minimum Gasteiger partial charge on any atom is -0.312 e. The van der Waals surface area contributed by atoms with E-state index in [0.29, 0.717) is 12.9 Å². The van der Waals surface area contributed by atoms with Crippen LogP contribution < -0.4 is 5.32 Å². The first-order valence-electron chi connectivity index (χ1n) is 3.27. The molecule has 0 bridgehead atoms. The Balaban J connectivity index is 3.36. The molecule has 0 rings (SSSR count). The fourth-order valence-corrected chi connectivity index (χ4v) is 0.591. The van der Waals surface area contributed by atoms with Crippen LogP contribution in [-0.2, 0) is 0 Å². The Labute approximate surface area is 73.9 Å². The first-order valence-corrected chi connectivity index (χ1v) is 4.02. The fraction of sp³-hybridized carbons (Fsp3) is 1.00. The van der Waals surface area contributed by atoms with Crippen LogP contribution in [0.1, 0.15) is 13.8 Å². The van der Waals surface area contributed by atoms with Crippen molar-refractivity contribution in [2.24, 2.45) is 0 Å². The standard InChI is InChI=1S/C6H12BCl2N/c1-5(3-7)10-4-6(2,8)9/h5,10H,3-4H2,1-2H3. The van der Waals surface area contributed by atoms with E-state index in [1.165, 1.54) is 0 Å². The van der Waals surface area contributed by atoms with Gasteiger partial charge in [-0.25, -0.2) is 0 Å². The van der Waals surface area contributed by atoms with Crippen molar-refractivity contribution in [3.05, 3.63) is 0 Å². The second-order valence-corrected chi connectivity index (χ2v) is 4.45. The molecule has 10 heavy (non-hydrogen) atoms. The van der Waals surface area contributed by atoms with E-state index in [-0.39, 0.29) is 6.04 Å². The summed E-state index contributed by atoms with van der Waals surface area (Å²) in [5, 5.41) is 3.08. The lowest BCUT2D eigenvalue weighted by molar-refractivity contribution is 0.570. The summed E-state index contributed by atoms with van der Waals surface area (Å²) in [5.41, 5.74) is 0. The van der Waals surface area contributed by atoms with Gasteiger partial charge in [0.05, 0.1) is 7.85 Å². The van der Waals surface area contributed by atoms with Gasteiger partial charge in [-0.3, -0.25) is 0 Å². The summed E-state index contributed by atoms with van der Waals surface area (Å²) in [4.78, 5) is 0. The fourth-order valence-electron chi connectivity index (χ4n) is 0.437. The molecule has 0 saturated carbocycles. The van der Waals surface area contributed by atoms with Gasteiger partial charge in [0.15, 0.2) is 0 Å². The molecule has 1 nitrogen and oxygen atoms in total. The van der Waals surface area contributed by atoms with Gasteiger partial charge in [0.25, 0.3) is 0 Å². The minimum absolute atomic E-state index is 0.275. The highest BCUT2D eigenvalue weighted by Gasteiger charge is 2.15. The van der Waals surface area contributed by atoms with Gasteiger partial charge in [0, 0.05) is 6.54 Å². The number of rotatable bonds is 4. The number of halogens is 2. The Morgan fingerprint density at radius 3 is 2.40 bits per heavy atom. The van der Waals surface area contributed by atoms with Crippen molar-refractivity contribution in [1.82, 2.24) is 5.32 Å². The van der Waals surface area contributed by atoms with Crippen molar-refractivity contribution in [1.29, 1.82) is 0 Å². The monoisotopic (exact) mass is 179 g/mol. The van der Waals surface area contributed by atoms with E-state index in [2.05, 4.69) is 5.32 Å². The topological polar surface area (TPSA) is 12.0 Å². The maximum Gasteiger partial charge on any atom is 0.127 e. The lowest BCUT2D eigenvalue weighted by atomic mass is 9.99. The Kier molecular flexibility index (Phi) is 4.75. The average Bonchev–Trinajstić information content (AvgIpc) is 1.81. The minimum atomic E-state index is -0.691. The Hall–Kier alpha value is 0.605. The molecule has 0 aromatic carbocycles. The largest absolute Gasteiger partial charge is 0.312 e. The van der Waals surface area contributed by atoms with Crippen molar-refractivity contribution in [3.8, 4) is 0 Å². The van der Waals surface area contributed by atoms with Crippen LogP contribution >= 0.6 is 23.2 Å². The van der Waals surface area contributed by atoms with Crippen LogP contribution in [0, 0.1) is 0 Å². The van der Waals surface area contributed by atoms with Crippen LogP contribution in [0.3, 0.4) is 0 Å². The molecule has 4 heteroatoms. The van der Waals surface area contributed by atoms with E-state index in [0.717, 1.165) is 0 Å². The molecule has 0 aliphatic carbocycles. The molecule has 0 aromatic heterocycles. The molecule has 1 N–H and O–H groups in total. The van der Waals surface area contributed by atoms with Crippen LogP contribution in [0.25, 0.3) is 0 Å². The van der Waals surface area contributed by atoms with Gasteiger partial charge in [0.2, 0.25) is 0 Å². The third-order valence-electron chi connectivity index (χ3n) is 1.11. The smallest absolute Gasteiger partial charge is 0.127 e. The van der Waals surface area contributed by atoms with Gasteiger partial charge < -0.3 is 5.32 Å². The molecule has 58 valence electrons. The summed E-state index contributed by atoms with van der Waals surface area (Å²) in [6.45, 7) is 4.29. The lowest BCUT2D eigenvalue weighted by Crippen LogP contribution is -2.34. The molecule has 0 heterocycles. The van der Waals surface area contributed by atoms with Crippen molar-refractivity contribution >= 4 is 31.0 Å². The van der Waals surface area contributed by atoms with Crippen LogP contribution in [-0.4, -0.2) is 24.8 Å². The molecule has 0 fully saturated rings. The predicted octanol–water partition coefficient (Wildman–Crippen LogP) is 1.75. The van der Waals surface area contributed by atoms with Crippen LogP contribution in [0.2, 0.25) is 6.32 Å². The van der Waals surface area contributed by atoms with Crippen LogP contribution in [0.5, 0.6) is 0 Å². The predicted molar refractivity (Wildman–Crippen MR) is 48.1 cm³/mol. The Morgan fingerprint density at radius 1 is 1.60 bits per heavy atom. The SMILES string of the molecule is [B]CC(C)NCC(C)(Cl)Cl. The van der Waals surface area contributed by atoms with Gasteiger partial charge in [-0.1, -0.05) is 13.2 Å². The van der Waals surface area contributed by atoms with E-state index in [1.54, 1.807) is 6.92 Å². The second kappa shape index (κ2) is 4.48. The summed E-state index contributed by atoms with van der Waals surface area (Å²) in [7, 11) is 5.35. The first-order chi connectivity index (χ1) is 4.45. The number of hydrogen-bond acceptors (Lipinski definition) is 1. The molecule has 0 amide bonds. The molecule has 2 radical (unpaired) electrons. The van der Waals surface area contributed by atoms with Crippen molar-refractivity contribution in [2.45, 2.75) is 30.5 Å². The van der Waals surface area contributed by atoms with E-state index >= 15 is 0 Å². The molecule has 1 atom stereocenters. The van der Waals surface area contributed by atoms with Crippen molar-refractivity contribution < 1.29 is 0 Å². The molecule has 0 spiro atoms. The summed E-state index contributed by atoms with van der Waals surface area (Å²) < 4.78 is -0.691. The maximum atomic E-state index is 5.70. The molecule has 0 saturated heterocycles. The number of alkyl halides is 2. The average molecular weight is 180 g/mol. The zero-order valence-electron chi connectivity index (χ0n) is 6.32. The van der Waals surface area contributed by atoms with Gasteiger partial charge in [-0.15, -0.1) is 23.2 Å². The van der Waals surface area contributed by atoms with Gasteiger partial charge in [-0.05, 0) is 13.0 Å². The van der Waals surface area contributed by atoms with Crippen LogP contribution in [0.15, 0.2) is 0 Å². The second-order valence-electron chi connectivity index (χ2n) is 2.59. The molecule has 0 aliphatic rings. The maximum absolute atomic E-state index is 5.70. The Morgan fingerprint density at radius 2 is 2.10 bits per heavy atom. The summed E-state index contributed by atoms with van der Waals surface area (Å²) in [5.74, 6) is 0. The summed E-state index contributed by atoms with van der Waals surface area (Å²) in [6, 6.07) is 0.275. The quantitative estimate of drug-likeness (QED) is 0.513. The Bertz CT molecular complexity index is 92.2. The zero-order valence-corrected chi connectivity index (χ0v) is 7.84. The van der Waals surface area contributed by atoms with E-state index < -0.39 is 4.33 Å². The third kappa shape index (κ3) is 6.72. The van der Waals surface area contributed by atoms with Crippen molar-refractivity contribution in [3.63, 3.8) is 0 Å². The number of hydrogen-bond donors (Lipinski definition) is 1. The van der Waals surface area contributed by atoms with Gasteiger partial charge >= 0.3 is 0 Å². The van der Waals surface area contributed by atoms with Gasteiger partial charge in [0.1, 0.15) is 4.33 Å². The third-order valence-corrected chi connectivity index (χ3v) is 1.38. The molecule has 0 aromatic rings. The van der Waals surface area contributed by atoms with E-state index in [4.69, 9.17) is 31.0 Å². The summed E-state index contributed by atoms with van der Waals surface area (Å²) in [6.07, 6.45) is 0.601. The highest BCUT2D eigenvalue weighted by molar-refractivity contribution is 6.48. The van der Waals surface area contributed by atoms with E-state index in [9.17, 15) is 0 Å². The van der Waals surface area contributed by atoms with E-state index in [1.807, 2.05) is 6.92 Å². The lowest BCUT2D eigenvalue weighted by Gasteiger charge is -2.17. The normalized spacial score (nSPS) is 15.2. The molecule has 0 aliphatic heterocycles. The van der Waals surface area contributed by atoms with Gasteiger partial charge in [-0.2, -0.15) is 0 Å². The first kappa shape index (κ1) is 10.6. The number of nitrogens with one attached hydrogen (secondary N) is 1. The highest BCUT2D eigenvalue weighted by Crippen LogP contribution is 2.17. The van der Waals surface area contributed by atoms with Crippen molar-refractivity contribution in [2.75, 3.05) is 6.54 Å². The molecular formula is C6H12BCl2N. The molecular weight excluding hydrogens is 168 g/mol. The summed E-state index contributed by atoms with van der Waals surface area (Å²) >= 11 is 11.4. The van der Waals surface area contributed by atoms with Crippen LogP contribution in [0.4, 0.5) is 0 Å². The molecule has 1 unspecified atom stereocenters. The zero-order chi connectivity index (χ0) is 8.20.